The van der Waals surface area contributed by atoms with E-state index in [0.29, 0.717) is 17.3 Å². The predicted molar refractivity (Wildman–Crippen MR) is 57.7 cm³/mol. The molecule has 2 rings (SSSR count). The van der Waals surface area contributed by atoms with E-state index in [-0.39, 0.29) is 0 Å². The fourth-order valence-electron chi connectivity index (χ4n) is 1.13. The van der Waals surface area contributed by atoms with Crippen LogP contribution in [0.4, 0.5) is 5.69 Å². The van der Waals surface area contributed by atoms with Crippen molar-refractivity contribution >= 4 is 5.69 Å². The molecule has 0 unspecified atom stereocenters. The summed E-state index contributed by atoms with van der Waals surface area (Å²) in [5.41, 5.74) is 7.16. The van der Waals surface area contributed by atoms with Crippen LogP contribution in [-0.2, 0) is 0 Å². The van der Waals surface area contributed by atoms with Gasteiger partial charge in [0.15, 0.2) is 5.75 Å². The molecule has 0 bridgehead atoms. The molecule has 2 N–H and O–H groups in total. The Hall–Kier alpha value is -2.10. The zero-order valence-corrected chi connectivity index (χ0v) is 8.34. The number of benzene rings is 1. The van der Waals surface area contributed by atoms with E-state index >= 15 is 0 Å². The molecule has 0 aliphatic carbocycles. The number of para-hydroxylation sites is 2. The number of hydrogen-bond acceptors (Lipinski definition) is 4. The van der Waals surface area contributed by atoms with E-state index in [1.807, 2.05) is 25.1 Å². The van der Waals surface area contributed by atoms with Gasteiger partial charge in [-0.1, -0.05) is 12.1 Å². The van der Waals surface area contributed by atoms with Crippen LogP contribution in [0.25, 0.3) is 0 Å². The highest BCUT2D eigenvalue weighted by Gasteiger charge is 2.01. The van der Waals surface area contributed by atoms with E-state index in [1.165, 1.54) is 0 Å². The number of rotatable bonds is 2. The molecular weight excluding hydrogens is 190 g/mol. The lowest BCUT2D eigenvalue weighted by atomic mass is 10.3. The number of anilines is 1. The lowest BCUT2D eigenvalue weighted by Crippen LogP contribution is -1.94. The van der Waals surface area contributed by atoms with Crippen LogP contribution in [0.15, 0.2) is 36.4 Å². The molecule has 4 nitrogen and oxygen atoms in total. The van der Waals surface area contributed by atoms with Gasteiger partial charge < -0.3 is 10.5 Å². The van der Waals surface area contributed by atoms with Gasteiger partial charge in [-0.3, -0.25) is 0 Å². The van der Waals surface area contributed by atoms with E-state index in [0.717, 1.165) is 5.69 Å². The summed E-state index contributed by atoms with van der Waals surface area (Å²) in [6.07, 6.45) is 0. The maximum Gasteiger partial charge on any atom is 0.238 e. The first-order valence-electron chi connectivity index (χ1n) is 4.58. The van der Waals surface area contributed by atoms with Crippen LogP contribution in [-0.4, -0.2) is 10.2 Å². The minimum absolute atomic E-state index is 0.443. The Kier molecular flexibility index (Phi) is 2.49. The Morgan fingerprint density at radius 3 is 2.53 bits per heavy atom. The summed E-state index contributed by atoms with van der Waals surface area (Å²) >= 11 is 0. The van der Waals surface area contributed by atoms with Crippen molar-refractivity contribution in [2.75, 3.05) is 5.73 Å². The van der Waals surface area contributed by atoms with Crippen LogP contribution in [0, 0.1) is 6.92 Å². The quantitative estimate of drug-likeness (QED) is 0.756. The summed E-state index contributed by atoms with van der Waals surface area (Å²) in [4.78, 5) is 0. The van der Waals surface area contributed by atoms with Gasteiger partial charge in [0.25, 0.3) is 0 Å². The van der Waals surface area contributed by atoms with E-state index in [2.05, 4.69) is 10.2 Å². The first-order valence-corrected chi connectivity index (χ1v) is 4.58. The fraction of sp³-hybridized carbons (Fsp3) is 0.0909. The molecule has 0 fully saturated rings. The first kappa shape index (κ1) is 9.45. The third-order valence-electron chi connectivity index (χ3n) is 1.91. The molecule has 0 saturated carbocycles. The molecule has 1 aromatic carbocycles. The lowest BCUT2D eigenvalue weighted by molar-refractivity contribution is 0.456. The normalized spacial score (nSPS) is 9.93. The van der Waals surface area contributed by atoms with Crippen molar-refractivity contribution in [2.24, 2.45) is 0 Å². The highest BCUT2D eigenvalue weighted by Crippen LogP contribution is 2.24. The number of nitrogen functional groups attached to an aromatic ring is 1. The second-order valence-electron chi connectivity index (χ2n) is 3.15. The molecule has 0 amide bonds. The fourth-order valence-corrected chi connectivity index (χ4v) is 1.13. The summed E-state index contributed by atoms with van der Waals surface area (Å²) in [6.45, 7) is 1.87. The molecule has 0 aliphatic rings. The largest absolute Gasteiger partial charge is 0.435 e. The van der Waals surface area contributed by atoms with Gasteiger partial charge in [-0.15, -0.1) is 5.10 Å². The zero-order chi connectivity index (χ0) is 10.7. The summed E-state index contributed by atoms with van der Waals surface area (Å²) < 4.78 is 5.47. The minimum atomic E-state index is 0.443. The molecule has 4 heteroatoms. The van der Waals surface area contributed by atoms with E-state index in [4.69, 9.17) is 10.5 Å². The Labute approximate surface area is 87.7 Å². The van der Waals surface area contributed by atoms with Crippen LogP contribution < -0.4 is 10.5 Å². The maximum atomic E-state index is 5.73. The average molecular weight is 201 g/mol. The van der Waals surface area contributed by atoms with Gasteiger partial charge in [0.1, 0.15) is 0 Å². The summed E-state index contributed by atoms with van der Waals surface area (Å²) in [5.74, 6) is 1.04. The minimum Gasteiger partial charge on any atom is -0.435 e. The highest BCUT2D eigenvalue weighted by molar-refractivity contribution is 5.52. The predicted octanol–water partition coefficient (Wildman–Crippen LogP) is 2.16. The molecule has 0 atom stereocenters. The van der Waals surface area contributed by atoms with Crippen molar-refractivity contribution in [1.29, 1.82) is 0 Å². The topological polar surface area (TPSA) is 61.0 Å². The van der Waals surface area contributed by atoms with Crippen LogP contribution in [0.3, 0.4) is 0 Å². The van der Waals surface area contributed by atoms with Crippen molar-refractivity contribution in [3.05, 3.63) is 42.1 Å². The van der Waals surface area contributed by atoms with Gasteiger partial charge in [0.2, 0.25) is 5.88 Å². The van der Waals surface area contributed by atoms with Crippen LogP contribution in [0.5, 0.6) is 11.6 Å². The Morgan fingerprint density at radius 2 is 1.87 bits per heavy atom. The lowest BCUT2D eigenvalue weighted by Gasteiger charge is -2.05. The number of ether oxygens (including phenoxy) is 1. The Bertz CT molecular complexity index is 454. The third-order valence-corrected chi connectivity index (χ3v) is 1.91. The molecule has 0 aliphatic heterocycles. The van der Waals surface area contributed by atoms with Gasteiger partial charge in [-0.2, -0.15) is 5.10 Å². The SMILES string of the molecule is Cc1ccc(Oc2ccccc2N)nn1. The van der Waals surface area contributed by atoms with Crippen LogP contribution >= 0.6 is 0 Å². The van der Waals surface area contributed by atoms with Gasteiger partial charge in [-0.05, 0) is 25.1 Å². The molecule has 2 aromatic rings. The number of hydrogen-bond donors (Lipinski definition) is 1. The number of aryl methyl sites for hydroxylation is 1. The molecule has 76 valence electrons. The highest BCUT2D eigenvalue weighted by atomic mass is 16.5. The average Bonchev–Trinajstić information content (AvgIpc) is 2.25. The van der Waals surface area contributed by atoms with Crippen LogP contribution in [0.2, 0.25) is 0 Å². The van der Waals surface area contributed by atoms with E-state index < -0.39 is 0 Å². The maximum absolute atomic E-state index is 5.73. The van der Waals surface area contributed by atoms with Gasteiger partial charge in [0.05, 0.1) is 11.4 Å². The monoisotopic (exact) mass is 201 g/mol. The van der Waals surface area contributed by atoms with Crippen molar-refractivity contribution in [3.8, 4) is 11.6 Å². The standard InChI is InChI=1S/C11H11N3O/c1-8-6-7-11(14-13-8)15-10-5-3-2-4-9(10)12/h2-7H,12H2,1H3. The number of nitrogens with two attached hydrogens (primary N) is 1. The molecule has 0 spiro atoms. The molecule has 0 radical (unpaired) electrons. The van der Waals surface area contributed by atoms with Gasteiger partial charge >= 0.3 is 0 Å². The molecule has 0 saturated heterocycles. The molecule has 15 heavy (non-hydrogen) atoms. The van der Waals surface area contributed by atoms with E-state index in [1.54, 1.807) is 18.2 Å². The second-order valence-corrected chi connectivity index (χ2v) is 3.15. The zero-order valence-electron chi connectivity index (χ0n) is 8.34. The Balaban J connectivity index is 2.22. The first-order chi connectivity index (χ1) is 7.25. The Morgan fingerprint density at radius 1 is 1.07 bits per heavy atom. The molecule has 1 aromatic heterocycles. The summed E-state index contributed by atoms with van der Waals surface area (Å²) in [5, 5.41) is 7.78. The molecule has 1 heterocycles. The van der Waals surface area contributed by atoms with Crippen molar-refractivity contribution < 1.29 is 4.74 Å². The summed E-state index contributed by atoms with van der Waals surface area (Å²) in [6, 6.07) is 10.9. The third kappa shape index (κ3) is 2.22. The van der Waals surface area contributed by atoms with Crippen molar-refractivity contribution in [3.63, 3.8) is 0 Å². The van der Waals surface area contributed by atoms with Crippen molar-refractivity contribution in [1.82, 2.24) is 10.2 Å². The van der Waals surface area contributed by atoms with Gasteiger partial charge in [0, 0.05) is 6.07 Å². The number of aromatic nitrogens is 2. The number of nitrogens with zero attached hydrogens (tertiary/aromatic N) is 2. The van der Waals surface area contributed by atoms with Gasteiger partial charge in [-0.25, -0.2) is 0 Å². The molecular formula is C11H11N3O. The smallest absolute Gasteiger partial charge is 0.238 e. The van der Waals surface area contributed by atoms with Crippen molar-refractivity contribution in [2.45, 2.75) is 6.92 Å². The van der Waals surface area contributed by atoms with Crippen LogP contribution in [0.1, 0.15) is 5.69 Å². The summed E-state index contributed by atoms with van der Waals surface area (Å²) in [7, 11) is 0. The van der Waals surface area contributed by atoms with E-state index in [9.17, 15) is 0 Å². The second kappa shape index (κ2) is 3.96.